The summed E-state index contributed by atoms with van der Waals surface area (Å²) in [5.41, 5.74) is 1.79. The average molecular weight is 439 g/mol. The number of nitrogens with zero attached hydrogens (tertiary/aromatic N) is 4. The maximum atomic E-state index is 12.7. The monoisotopic (exact) mass is 439 g/mol. The van der Waals surface area contributed by atoms with Crippen molar-refractivity contribution in [2.75, 3.05) is 5.32 Å². The number of aryl methyl sites for hydroxylation is 3. The van der Waals surface area contributed by atoms with Crippen molar-refractivity contribution in [3.8, 4) is 11.5 Å². The number of ether oxygens (including phenoxy) is 1. The van der Waals surface area contributed by atoms with Gasteiger partial charge in [-0.15, -0.1) is 0 Å². The van der Waals surface area contributed by atoms with Gasteiger partial charge in [0.25, 0.3) is 5.69 Å². The number of amides is 1. The van der Waals surface area contributed by atoms with E-state index in [2.05, 4.69) is 10.4 Å². The number of hydrogen-bond donors (Lipinski definition) is 1. The van der Waals surface area contributed by atoms with E-state index < -0.39 is 21.8 Å². The highest BCUT2D eigenvalue weighted by atomic mass is 16.6. The standard InChI is InChI=1S/C21H21N5O6/c1-12-5-13(2)7-18(6-12)32-19-9-16(8-17(10-19)25(28)29)22-21(27)15(4)24-11-20(26(30)31)14(3)23-24/h5-11,15H,1-4H3,(H,22,27). The van der Waals surface area contributed by atoms with E-state index in [9.17, 15) is 25.0 Å². The van der Waals surface area contributed by atoms with Crippen molar-refractivity contribution in [2.24, 2.45) is 0 Å². The van der Waals surface area contributed by atoms with E-state index in [-0.39, 0.29) is 28.5 Å². The molecule has 1 N–H and O–H groups in total. The number of non-ortho nitro benzene ring substituents is 1. The summed E-state index contributed by atoms with van der Waals surface area (Å²) in [7, 11) is 0. The molecule has 166 valence electrons. The van der Waals surface area contributed by atoms with Gasteiger partial charge >= 0.3 is 5.69 Å². The summed E-state index contributed by atoms with van der Waals surface area (Å²) < 4.78 is 6.97. The van der Waals surface area contributed by atoms with Crippen LogP contribution in [0.25, 0.3) is 0 Å². The number of carbonyl (C=O) groups excluding carboxylic acids is 1. The van der Waals surface area contributed by atoms with E-state index in [4.69, 9.17) is 4.74 Å². The molecule has 11 heteroatoms. The van der Waals surface area contributed by atoms with Crippen molar-refractivity contribution in [3.63, 3.8) is 0 Å². The van der Waals surface area contributed by atoms with Gasteiger partial charge in [-0.3, -0.25) is 29.7 Å². The number of nitrogens with one attached hydrogen (secondary N) is 1. The second kappa shape index (κ2) is 8.84. The van der Waals surface area contributed by atoms with Gasteiger partial charge in [0.2, 0.25) is 5.91 Å². The summed E-state index contributed by atoms with van der Waals surface area (Å²) in [6.07, 6.45) is 1.17. The lowest BCUT2D eigenvalue weighted by Gasteiger charge is -2.14. The summed E-state index contributed by atoms with van der Waals surface area (Å²) in [5.74, 6) is 0.130. The van der Waals surface area contributed by atoms with Crippen LogP contribution in [-0.2, 0) is 4.79 Å². The number of nitro benzene ring substituents is 1. The predicted molar refractivity (Wildman–Crippen MR) is 116 cm³/mol. The third kappa shape index (κ3) is 5.06. The number of rotatable bonds is 7. The molecule has 1 aromatic heterocycles. The molecule has 1 unspecified atom stereocenters. The molecule has 1 atom stereocenters. The fourth-order valence-electron chi connectivity index (χ4n) is 3.16. The first-order valence-electron chi connectivity index (χ1n) is 9.60. The van der Waals surface area contributed by atoms with Crippen LogP contribution < -0.4 is 10.1 Å². The van der Waals surface area contributed by atoms with E-state index in [1.807, 2.05) is 19.9 Å². The molecule has 0 saturated carbocycles. The highest BCUT2D eigenvalue weighted by Crippen LogP contribution is 2.31. The second-order valence-electron chi connectivity index (χ2n) is 7.40. The molecule has 3 rings (SSSR count). The van der Waals surface area contributed by atoms with Crippen LogP contribution in [-0.4, -0.2) is 25.5 Å². The zero-order valence-electron chi connectivity index (χ0n) is 17.9. The number of nitro groups is 2. The molecule has 3 aromatic rings. The molecule has 0 aliphatic heterocycles. The summed E-state index contributed by atoms with van der Waals surface area (Å²) in [5, 5.41) is 29.0. The Morgan fingerprint density at radius 1 is 1.00 bits per heavy atom. The molecule has 0 aliphatic carbocycles. The van der Waals surface area contributed by atoms with Gasteiger partial charge in [0.15, 0.2) is 0 Å². The summed E-state index contributed by atoms with van der Waals surface area (Å²) >= 11 is 0. The normalized spacial score (nSPS) is 11.6. The van der Waals surface area contributed by atoms with E-state index in [1.165, 1.54) is 42.9 Å². The number of aromatic nitrogens is 2. The molecular weight excluding hydrogens is 418 g/mol. The van der Waals surface area contributed by atoms with Gasteiger partial charge in [0.05, 0.1) is 21.6 Å². The average Bonchev–Trinajstić information content (AvgIpc) is 3.08. The lowest BCUT2D eigenvalue weighted by atomic mass is 10.1. The summed E-state index contributed by atoms with van der Waals surface area (Å²) in [6, 6.07) is 8.58. The third-order valence-corrected chi connectivity index (χ3v) is 4.66. The van der Waals surface area contributed by atoms with Crippen molar-refractivity contribution in [2.45, 2.75) is 33.7 Å². The zero-order valence-corrected chi connectivity index (χ0v) is 17.9. The lowest BCUT2D eigenvalue weighted by Crippen LogP contribution is -2.24. The van der Waals surface area contributed by atoms with Gasteiger partial charge in [-0.1, -0.05) is 6.07 Å². The van der Waals surface area contributed by atoms with Crippen LogP contribution in [0, 0.1) is 41.0 Å². The van der Waals surface area contributed by atoms with E-state index in [0.717, 1.165) is 11.1 Å². The molecule has 11 nitrogen and oxygen atoms in total. The second-order valence-corrected chi connectivity index (χ2v) is 7.40. The maximum absolute atomic E-state index is 12.7. The minimum absolute atomic E-state index is 0.147. The first-order chi connectivity index (χ1) is 15.0. The minimum Gasteiger partial charge on any atom is -0.457 e. The minimum atomic E-state index is -0.898. The number of hydrogen-bond acceptors (Lipinski definition) is 7. The van der Waals surface area contributed by atoms with Gasteiger partial charge in [0.1, 0.15) is 29.4 Å². The molecule has 0 bridgehead atoms. The van der Waals surface area contributed by atoms with Crippen molar-refractivity contribution in [3.05, 3.63) is 79.6 Å². The van der Waals surface area contributed by atoms with E-state index in [1.54, 1.807) is 12.1 Å². The first-order valence-corrected chi connectivity index (χ1v) is 9.60. The van der Waals surface area contributed by atoms with Crippen LogP contribution in [0.5, 0.6) is 11.5 Å². The number of carbonyl (C=O) groups is 1. The molecule has 32 heavy (non-hydrogen) atoms. The molecule has 2 aromatic carbocycles. The maximum Gasteiger partial charge on any atom is 0.309 e. The predicted octanol–water partition coefficient (Wildman–Crippen LogP) is 4.62. The lowest BCUT2D eigenvalue weighted by molar-refractivity contribution is -0.385. The Morgan fingerprint density at radius 2 is 1.62 bits per heavy atom. The molecule has 1 amide bonds. The van der Waals surface area contributed by atoms with Crippen LogP contribution in [0.3, 0.4) is 0 Å². The Labute approximate surface area is 182 Å². The van der Waals surface area contributed by atoms with Crippen molar-refractivity contribution in [1.82, 2.24) is 9.78 Å². The molecule has 0 saturated heterocycles. The largest absolute Gasteiger partial charge is 0.457 e. The van der Waals surface area contributed by atoms with Crippen LogP contribution in [0.1, 0.15) is 29.8 Å². The Morgan fingerprint density at radius 3 is 2.19 bits per heavy atom. The Hall–Kier alpha value is -4.28. The van der Waals surface area contributed by atoms with Gasteiger partial charge in [-0.05, 0) is 51.0 Å². The molecule has 0 spiro atoms. The van der Waals surface area contributed by atoms with Crippen molar-refractivity contribution >= 4 is 23.0 Å². The molecule has 0 radical (unpaired) electrons. The fraction of sp³-hybridized carbons (Fsp3) is 0.238. The number of benzene rings is 2. The summed E-state index contributed by atoms with van der Waals surface area (Å²) in [6.45, 7) is 6.79. The van der Waals surface area contributed by atoms with Crippen molar-refractivity contribution in [1.29, 1.82) is 0 Å². The topological polar surface area (TPSA) is 142 Å². The van der Waals surface area contributed by atoms with Gasteiger partial charge in [-0.2, -0.15) is 5.10 Å². The third-order valence-electron chi connectivity index (χ3n) is 4.66. The molecule has 1 heterocycles. The van der Waals surface area contributed by atoms with Crippen LogP contribution in [0.2, 0.25) is 0 Å². The zero-order chi connectivity index (χ0) is 23.6. The van der Waals surface area contributed by atoms with Crippen LogP contribution >= 0.6 is 0 Å². The highest BCUT2D eigenvalue weighted by Gasteiger charge is 2.23. The quantitative estimate of drug-likeness (QED) is 0.418. The van der Waals surface area contributed by atoms with E-state index in [0.29, 0.717) is 5.75 Å². The molecular formula is C21H21N5O6. The van der Waals surface area contributed by atoms with Crippen LogP contribution in [0.15, 0.2) is 42.6 Å². The molecule has 0 fully saturated rings. The van der Waals surface area contributed by atoms with E-state index >= 15 is 0 Å². The smallest absolute Gasteiger partial charge is 0.309 e. The first kappa shape index (κ1) is 22.4. The summed E-state index contributed by atoms with van der Waals surface area (Å²) in [4.78, 5) is 33.9. The fourth-order valence-corrected chi connectivity index (χ4v) is 3.16. The Bertz CT molecular complexity index is 1200. The molecule has 0 aliphatic rings. The van der Waals surface area contributed by atoms with Crippen molar-refractivity contribution < 1.29 is 19.4 Å². The number of anilines is 1. The van der Waals surface area contributed by atoms with Gasteiger partial charge < -0.3 is 10.1 Å². The Balaban J connectivity index is 1.86. The van der Waals surface area contributed by atoms with Gasteiger partial charge in [-0.25, -0.2) is 0 Å². The highest BCUT2D eigenvalue weighted by molar-refractivity contribution is 5.94. The SMILES string of the molecule is Cc1cc(C)cc(Oc2cc(NC(=O)C(C)n3cc([N+](=O)[O-])c(C)n3)cc([N+](=O)[O-])c2)c1. The van der Waals surface area contributed by atoms with Crippen LogP contribution in [0.4, 0.5) is 17.1 Å². The Kier molecular flexibility index (Phi) is 6.19. The van der Waals surface area contributed by atoms with Gasteiger partial charge in [0, 0.05) is 12.1 Å².